The van der Waals surface area contributed by atoms with E-state index in [9.17, 15) is 21.6 Å². The fourth-order valence-corrected chi connectivity index (χ4v) is 5.89. The van der Waals surface area contributed by atoms with Crippen LogP contribution in [0.25, 0.3) is 0 Å². The standard InChI is InChI=1S/C27H25N3O5S2/c1-19-8-12-24(13-9-19)30-37(34,35)26-18-21(11-10-20(26)2)27(31)28-22-14-16-25(17-15-22)36(32,33)29-23-6-4-3-5-7-23/h3-18,29-30H,1-2H3,(H,28,31). The number of hydrogen-bond acceptors (Lipinski definition) is 5. The van der Waals surface area contributed by atoms with E-state index < -0.39 is 26.0 Å². The maximum Gasteiger partial charge on any atom is 0.262 e. The highest BCUT2D eigenvalue weighted by atomic mass is 32.2. The highest BCUT2D eigenvalue weighted by Crippen LogP contribution is 2.23. The Bertz CT molecular complexity index is 1640. The number of hydrogen-bond donors (Lipinski definition) is 3. The third-order valence-electron chi connectivity index (χ3n) is 5.49. The van der Waals surface area contributed by atoms with Gasteiger partial charge >= 0.3 is 0 Å². The van der Waals surface area contributed by atoms with Crippen molar-refractivity contribution in [3.63, 3.8) is 0 Å². The second-order valence-corrected chi connectivity index (χ2v) is 11.7. The van der Waals surface area contributed by atoms with Crippen molar-refractivity contribution >= 4 is 43.0 Å². The molecule has 0 spiro atoms. The van der Waals surface area contributed by atoms with Crippen LogP contribution in [-0.4, -0.2) is 22.7 Å². The van der Waals surface area contributed by atoms with E-state index in [1.807, 2.05) is 6.92 Å². The molecule has 8 nitrogen and oxygen atoms in total. The molecule has 190 valence electrons. The first kappa shape index (κ1) is 25.9. The summed E-state index contributed by atoms with van der Waals surface area (Å²) < 4.78 is 56.2. The molecule has 0 fully saturated rings. The minimum atomic E-state index is -3.94. The summed E-state index contributed by atoms with van der Waals surface area (Å²) in [6.07, 6.45) is 0. The average molecular weight is 536 g/mol. The van der Waals surface area contributed by atoms with Crippen molar-refractivity contribution in [1.82, 2.24) is 0 Å². The Kier molecular flexibility index (Phi) is 7.33. The Labute approximate surface area is 216 Å². The van der Waals surface area contributed by atoms with Crippen LogP contribution in [0.1, 0.15) is 21.5 Å². The fourth-order valence-electron chi connectivity index (χ4n) is 3.50. The van der Waals surface area contributed by atoms with E-state index in [0.717, 1.165) is 5.56 Å². The van der Waals surface area contributed by atoms with Gasteiger partial charge in [-0.2, -0.15) is 0 Å². The Balaban J connectivity index is 1.49. The van der Waals surface area contributed by atoms with Gasteiger partial charge in [0.05, 0.1) is 9.79 Å². The van der Waals surface area contributed by atoms with Gasteiger partial charge in [-0.25, -0.2) is 16.8 Å². The van der Waals surface area contributed by atoms with Crippen molar-refractivity contribution in [3.05, 3.63) is 114 Å². The molecule has 0 saturated carbocycles. The van der Waals surface area contributed by atoms with Crippen molar-refractivity contribution in [3.8, 4) is 0 Å². The molecular formula is C27H25N3O5S2. The number of anilines is 3. The zero-order valence-electron chi connectivity index (χ0n) is 20.1. The molecule has 4 aromatic carbocycles. The van der Waals surface area contributed by atoms with Crippen LogP contribution in [0.3, 0.4) is 0 Å². The third-order valence-corrected chi connectivity index (χ3v) is 8.41. The van der Waals surface area contributed by atoms with Crippen molar-refractivity contribution < 1.29 is 21.6 Å². The summed E-state index contributed by atoms with van der Waals surface area (Å²) in [6.45, 7) is 3.55. The number of carbonyl (C=O) groups is 1. The molecule has 0 aliphatic carbocycles. The number of nitrogens with one attached hydrogen (secondary N) is 3. The molecule has 3 N–H and O–H groups in total. The lowest BCUT2D eigenvalue weighted by atomic mass is 10.1. The van der Waals surface area contributed by atoms with Gasteiger partial charge in [0.2, 0.25) is 0 Å². The summed E-state index contributed by atoms with van der Waals surface area (Å²) >= 11 is 0. The molecule has 0 saturated heterocycles. The molecule has 0 heterocycles. The fraction of sp³-hybridized carbons (Fsp3) is 0.0741. The lowest BCUT2D eigenvalue weighted by Gasteiger charge is -2.13. The molecule has 1 amide bonds. The van der Waals surface area contributed by atoms with Gasteiger partial charge < -0.3 is 5.32 Å². The van der Waals surface area contributed by atoms with Gasteiger partial charge in [0.1, 0.15) is 0 Å². The molecule has 10 heteroatoms. The summed E-state index contributed by atoms with van der Waals surface area (Å²) in [7, 11) is -7.74. The topological polar surface area (TPSA) is 121 Å². The maximum atomic E-state index is 13.0. The lowest BCUT2D eigenvalue weighted by molar-refractivity contribution is 0.102. The van der Waals surface area contributed by atoms with Crippen LogP contribution in [0, 0.1) is 13.8 Å². The van der Waals surface area contributed by atoms with Crippen molar-refractivity contribution in [2.24, 2.45) is 0 Å². The Morgan fingerprint density at radius 3 is 1.84 bits per heavy atom. The summed E-state index contributed by atoms with van der Waals surface area (Å²) in [6, 6.07) is 25.5. The van der Waals surface area contributed by atoms with Crippen LogP contribution < -0.4 is 14.8 Å². The van der Waals surface area contributed by atoms with Crippen LogP contribution in [0.5, 0.6) is 0 Å². The SMILES string of the molecule is Cc1ccc(NS(=O)(=O)c2cc(C(=O)Nc3ccc(S(=O)(=O)Nc4ccccc4)cc3)ccc2C)cc1. The Morgan fingerprint density at radius 1 is 0.622 bits per heavy atom. The summed E-state index contributed by atoms with van der Waals surface area (Å²) in [4.78, 5) is 12.9. The predicted molar refractivity (Wildman–Crippen MR) is 145 cm³/mol. The minimum absolute atomic E-state index is 0.0193. The van der Waals surface area contributed by atoms with Crippen LogP contribution in [0.2, 0.25) is 0 Å². The third kappa shape index (κ3) is 6.35. The smallest absolute Gasteiger partial charge is 0.262 e. The summed E-state index contributed by atoms with van der Waals surface area (Å²) in [5.74, 6) is -0.537. The molecule has 0 aliphatic rings. The quantitative estimate of drug-likeness (QED) is 0.288. The van der Waals surface area contributed by atoms with Gasteiger partial charge in [-0.3, -0.25) is 14.2 Å². The van der Waals surface area contributed by atoms with E-state index in [0.29, 0.717) is 22.6 Å². The molecule has 0 aromatic heterocycles. The normalized spacial score (nSPS) is 11.5. The number of para-hydroxylation sites is 1. The molecule has 37 heavy (non-hydrogen) atoms. The van der Waals surface area contributed by atoms with E-state index in [2.05, 4.69) is 14.8 Å². The molecule has 0 unspecified atom stereocenters. The van der Waals surface area contributed by atoms with Crippen molar-refractivity contribution in [2.45, 2.75) is 23.6 Å². The minimum Gasteiger partial charge on any atom is -0.322 e. The molecule has 0 atom stereocenters. The van der Waals surface area contributed by atoms with Gasteiger partial charge in [0, 0.05) is 22.6 Å². The largest absolute Gasteiger partial charge is 0.322 e. The maximum absolute atomic E-state index is 13.0. The lowest BCUT2D eigenvalue weighted by Crippen LogP contribution is -2.17. The molecule has 4 rings (SSSR count). The van der Waals surface area contributed by atoms with Gasteiger partial charge in [-0.15, -0.1) is 0 Å². The molecule has 0 radical (unpaired) electrons. The van der Waals surface area contributed by atoms with E-state index in [-0.39, 0.29) is 15.4 Å². The van der Waals surface area contributed by atoms with Gasteiger partial charge in [-0.1, -0.05) is 42.0 Å². The van der Waals surface area contributed by atoms with Crippen LogP contribution in [0.15, 0.2) is 107 Å². The molecule has 0 aliphatic heterocycles. The summed E-state index contributed by atoms with van der Waals surface area (Å²) in [5, 5.41) is 2.67. The second-order valence-electron chi connectivity index (χ2n) is 8.40. The van der Waals surface area contributed by atoms with E-state index >= 15 is 0 Å². The second kappa shape index (κ2) is 10.5. The average Bonchev–Trinajstić information content (AvgIpc) is 2.86. The highest BCUT2D eigenvalue weighted by Gasteiger charge is 2.20. The number of sulfonamides is 2. The summed E-state index contributed by atoms with van der Waals surface area (Å²) in [5.41, 5.74) is 2.81. The first-order chi connectivity index (χ1) is 17.5. The van der Waals surface area contributed by atoms with E-state index in [4.69, 9.17) is 0 Å². The Morgan fingerprint density at radius 2 is 1.19 bits per heavy atom. The molecule has 0 bridgehead atoms. The number of rotatable bonds is 8. The zero-order valence-corrected chi connectivity index (χ0v) is 21.7. The number of benzene rings is 4. The van der Waals surface area contributed by atoms with Crippen LogP contribution in [-0.2, 0) is 20.0 Å². The van der Waals surface area contributed by atoms with Crippen LogP contribution >= 0.6 is 0 Å². The molecule has 4 aromatic rings. The Hall–Kier alpha value is -4.15. The highest BCUT2D eigenvalue weighted by molar-refractivity contribution is 7.93. The van der Waals surface area contributed by atoms with Gasteiger partial charge in [0.15, 0.2) is 0 Å². The van der Waals surface area contributed by atoms with Gasteiger partial charge in [0.25, 0.3) is 26.0 Å². The van der Waals surface area contributed by atoms with Crippen molar-refractivity contribution in [2.75, 3.05) is 14.8 Å². The number of amides is 1. The first-order valence-electron chi connectivity index (χ1n) is 11.2. The van der Waals surface area contributed by atoms with E-state index in [1.165, 1.54) is 36.4 Å². The van der Waals surface area contributed by atoms with Crippen LogP contribution in [0.4, 0.5) is 17.1 Å². The zero-order chi connectivity index (χ0) is 26.6. The van der Waals surface area contributed by atoms with E-state index in [1.54, 1.807) is 67.6 Å². The predicted octanol–water partition coefficient (Wildman–Crippen LogP) is 5.16. The monoisotopic (exact) mass is 535 g/mol. The molecular weight excluding hydrogens is 510 g/mol. The first-order valence-corrected chi connectivity index (χ1v) is 14.2. The van der Waals surface area contributed by atoms with Crippen molar-refractivity contribution in [1.29, 1.82) is 0 Å². The van der Waals surface area contributed by atoms with Gasteiger partial charge in [-0.05, 0) is 80.1 Å². The number of aryl methyl sites for hydroxylation is 2. The number of carbonyl (C=O) groups excluding carboxylic acids is 1.